The Balaban J connectivity index is 2.53. The molecule has 0 bridgehead atoms. The lowest BCUT2D eigenvalue weighted by atomic mass is 10.6. The van der Waals surface area contributed by atoms with E-state index in [2.05, 4.69) is 9.97 Å². The highest BCUT2D eigenvalue weighted by atomic mass is 35.5. The topological polar surface area (TPSA) is 25.8 Å². The highest BCUT2D eigenvalue weighted by Gasteiger charge is 2.12. The number of hydrogen-bond donors (Lipinski definition) is 0. The van der Waals surface area contributed by atoms with Crippen molar-refractivity contribution >= 4 is 35.0 Å². The molecular weight excluding hydrogens is 215 g/mol. The Labute approximate surface area is 85.7 Å². The fraction of sp³-hybridized carbons (Fsp3) is 0.429. The summed E-state index contributed by atoms with van der Waals surface area (Å²) in [6.07, 6.45) is 3.20. The van der Waals surface area contributed by atoms with Gasteiger partial charge < -0.3 is 0 Å². The van der Waals surface area contributed by atoms with Gasteiger partial charge in [-0.05, 0) is 6.07 Å². The van der Waals surface area contributed by atoms with Crippen LogP contribution in [0.25, 0.3) is 0 Å². The molecule has 0 N–H and O–H groups in total. The number of thioether (sulfide) groups is 1. The summed E-state index contributed by atoms with van der Waals surface area (Å²) in [7, 11) is 0. The van der Waals surface area contributed by atoms with Crippen molar-refractivity contribution in [2.24, 2.45) is 0 Å². The Morgan fingerprint density at radius 2 is 2.25 bits per heavy atom. The van der Waals surface area contributed by atoms with Gasteiger partial charge in [0.25, 0.3) is 0 Å². The van der Waals surface area contributed by atoms with Crippen molar-refractivity contribution in [1.82, 2.24) is 9.97 Å². The maximum Gasteiger partial charge on any atom is 0.119 e. The van der Waals surface area contributed by atoms with Gasteiger partial charge in [0.1, 0.15) is 11.2 Å². The van der Waals surface area contributed by atoms with Crippen LogP contribution < -0.4 is 0 Å². The van der Waals surface area contributed by atoms with Gasteiger partial charge in [0.2, 0.25) is 0 Å². The van der Waals surface area contributed by atoms with E-state index < -0.39 is 0 Å². The molecule has 1 unspecified atom stereocenters. The van der Waals surface area contributed by atoms with E-state index in [0.717, 1.165) is 5.03 Å². The van der Waals surface area contributed by atoms with Crippen LogP contribution in [0.15, 0.2) is 23.6 Å². The summed E-state index contributed by atoms with van der Waals surface area (Å²) < 4.78 is 0. The molecule has 66 valence electrons. The monoisotopic (exact) mass is 222 g/mol. The largest absolute Gasteiger partial charge is 0.245 e. The Kier molecular flexibility index (Phi) is 4.12. The second-order valence-electron chi connectivity index (χ2n) is 2.21. The minimum absolute atomic E-state index is 0.142. The van der Waals surface area contributed by atoms with Crippen molar-refractivity contribution in [2.45, 2.75) is 22.0 Å². The Hall–Kier alpha value is 0.01000. The van der Waals surface area contributed by atoms with Gasteiger partial charge in [-0.15, -0.1) is 35.0 Å². The van der Waals surface area contributed by atoms with E-state index in [9.17, 15) is 0 Å². The molecule has 0 aliphatic carbocycles. The van der Waals surface area contributed by atoms with Gasteiger partial charge in [-0.25, -0.2) is 9.97 Å². The third kappa shape index (κ3) is 3.17. The van der Waals surface area contributed by atoms with Crippen LogP contribution in [0.4, 0.5) is 0 Å². The van der Waals surface area contributed by atoms with E-state index in [1.807, 2.05) is 13.0 Å². The zero-order chi connectivity index (χ0) is 8.97. The molecular formula is C7H8Cl2N2S. The molecule has 2 nitrogen and oxygen atoms in total. The molecule has 0 radical (unpaired) electrons. The predicted octanol–water partition coefficient (Wildman–Crippen LogP) is 2.76. The molecule has 0 spiro atoms. The van der Waals surface area contributed by atoms with E-state index in [-0.39, 0.29) is 10.1 Å². The first-order valence-corrected chi connectivity index (χ1v) is 5.16. The minimum Gasteiger partial charge on any atom is -0.245 e. The van der Waals surface area contributed by atoms with Crippen LogP contribution in [0, 0.1) is 0 Å². The van der Waals surface area contributed by atoms with Crippen molar-refractivity contribution in [3.8, 4) is 0 Å². The van der Waals surface area contributed by atoms with E-state index >= 15 is 0 Å². The first kappa shape index (κ1) is 10.1. The number of aromatic nitrogens is 2. The van der Waals surface area contributed by atoms with Crippen LogP contribution in [0.2, 0.25) is 0 Å². The number of nitrogens with zero attached hydrogens (tertiary/aromatic N) is 2. The summed E-state index contributed by atoms with van der Waals surface area (Å²) >= 11 is 12.9. The summed E-state index contributed by atoms with van der Waals surface area (Å²) in [5.41, 5.74) is 0. The SMILES string of the molecule is CC(Sc1ccncn1)C(Cl)Cl. The van der Waals surface area contributed by atoms with Gasteiger partial charge in [0.15, 0.2) is 0 Å². The molecule has 1 rings (SSSR count). The molecule has 5 heteroatoms. The summed E-state index contributed by atoms with van der Waals surface area (Å²) in [5.74, 6) is 0. The van der Waals surface area contributed by atoms with E-state index in [0.29, 0.717) is 0 Å². The first-order valence-electron chi connectivity index (χ1n) is 3.41. The van der Waals surface area contributed by atoms with Gasteiger partial charge in [0.05, 0.1) is 5.03 Å². The molecule has 0 saturated carbocycles. The van der Waals surface area contributed by atoms with E-state index in [1.165, 1.54) is 18.1 Å². The lowest BCUT2D eigenvalue weighted by Gasteiger charge is -2.09. The summed E-state index contributed by atoms with van der Waals surface area (Å²) in [4.78, 5) is 7.47. The molecule has 0 aliphatic rings. The molecule has 0 fully saturated rings. The van der Waals surface area contributed by atoms with Crippen LogP contribution in [-0.4, -0.2) is 20.1 Å². The van der Waals surface area contributed by atoms with E-state index in [1.54, 1.807) is 6.20 Å². The van der Waals surface area contributed by atoms with Gasteiger partial charge in [0, 0.05) is 11.4 Å². The fourth-order valence-electron chi connectivity index (χ4n) is 0.590. The third-order valence-corrected chi connectivity index (χ3v) is 3.40. The maximum atomic E-state index is 5.68. The number of hydrogen-bond acceptors (Lipinski definition) is 3. The Morgan fingerprint density at radius 1 is 1.50 bits per heavy atom. The first-order chi connectivity index (χ1) is 5.70. The van der Waals surface area contributed by atoms with Gasteiger partial charge >= 0.3 is 0 Å². The molecule has 0 aromatic carbocycles. The van der Waals surface area contributed by atoms with Crippen LogP contribution in [-0.2, 0) is 0 Å². The normalized spacial score (nSPS) is 13.3. The lowest BCUT2D eigenvalue weighted by molar-refractivity contribution is 1.01. The highest BCUT2D eigenvalue weighted by molar-refractivity contribution is 8.00. The van der Waals surface area contributed by atoms with Crippen LogP contribution in [0.1, 0.15) is 6.92 Å². The fourth-order valence-corrected chi connectivity index (χ4v) is 1.63. The van der Waals surface area contributed by atoms with Crippen molar-refractivity contribution < 1.29 is 0 Å². The zero-order valence-electron chi connectivity index (χ0n) is 6.45. The van der Waals surface area contributed by atoms with Crippen LogP contribution in [0.5, 0.6) is 0 Å². The quantitative estimate of drug-likeness (QED) is 0.447. The Bertz CT molecular complexity index is 230. The molecule has 12 heavy (non-hydrogen) atoms. The van der Waals surface area contributed by atoms with Crippen LogP contribution >= 0.6 is 35.0 Å². The number of halogens is 2. The molecule has 1 atom stereocenters. The standard InChI is InChI=1S/C7H8Cl2N2S/c1-5(7(8)9)12-6-2-3-10-4-11-6/h2-5,7H,1H3. The summed E-state index contributed by atoms with van der Waals surface area (Å²) in [6, 6.07) is 1.83. The molecule has 1 aromatic rings. The third-order valence-electron chi connectivity index (χ3n) is 1.22. The highest BCUT2D eigenvalue weighted by Crippen LogP contribution is 2.26. The van der Waals surface area contributed by atoms with Gasteiger partial charge in [-0.3, -0.25) is 0 Å². The van der Waals surface area contributed by atoms with Gasteiger partial charge in [-0.2, -0.15) is 0 Å². The molecule has 0 saturated heterocycles. The summed E-state index contributed by atoms with van der Waals surface area (Å²) in [5, 5.41) is 1.03. The lowest BCUT2D eigenvalue weighted by Crippen LogP contribution is -2.06. The molecule has 1 heterocycles. The number of rotatable bonds is 3. The van der Waals surface area contributed by atoms with Crippen molar-refractivity contribution in [1.29, 1.82) is 0 Å². The van der Waals surface area contributed by atoms with Crippen LogP contribution in [0.3, 0.4) is 0 Å². The second-order valence-corrected chi connectivity index (χ2v) is 4.77. The zero-order valence-corrected chi connectivity index (χ0v) is 8.77. The van der Waals surface area contributed by atoms with Gasteiger partial charge in [-0.1, -0.05) is 6.92 Å². The maximum absolute atomic E-state index is 5.68. The smallest absolute Gasteiger partial charge is 0.119 e. The van der Waals surface area contributed by atoms with Crippen molar-refractivity contribution in [3.63, 3.8) is 0 Å². The summed E-state index contributed by atoms with van der Waals surface area (Å²) in [6.45, 7) is 1.96. The van der Waals surface area contributed by atoms with Crippen molar-refractivity contribution in [2.75, 3.05) is 0 Å². The number of alkyl halides is 2. The predicted molar refractivity (Wildman–Crippen MR) is 52.8 cm³/mol. The molecule has 0 aliphatic heterocycles. The molecule has 0 amide bonds. The average Bonchev–Trinajstić information content (AvgIpc) is 2.06. The second kappa shape index (κ2) is 4.90. The molecule has 1 aromatic heterocycles. The van der Waals surface area contributed by atoms with E-state index in [4.69, 9.17) is 23.2 Å². The minimum atomic E-state index is -0.370. The average molecular weight is 223 g/mol. The van der Waals surface area contributed by atoms with Crippen molar-refractivity contribution in [3.05, 3.63) is 18.6 Å². The Morgan fingerprint density at radius 3 is 2.75 bits per heavy atom.